The average Bonchev–Trinajstić information content (AvgIpc) is 2.71. The predicted octanol–water partition coefficient (Wildman–Crippen LogP) is 3.19. The van der Waals surface area contributed by atoms with E-state index in [1.54, 1.807) is 0 Å². The van der Waals surface area contributed by atoms with Gasteiger partial charge in [0.15, 0.2) is 0 Å². The lowest BCUT2D eigenvalue weighted by Crippen LogP contribution is -2.42. The highest BCUT2D eigenvalue weighted by molar-refractivity contribution is 5.94. The Morgan fingerprint density at radius 3 is 2.55 bits per heavy atom. The number of aliphatic hydroxyl groups is 1. The molecule has 3 heteroatoms. The highest BCUT2D eigenvalue weighted by atomic mass is 16.3. The molecule has 0 bridgehead atoms. The van der Waals surface area contributed by atoms with Crippen molar-refractivity contribution >= 4 is 5.91 Å². The maximum Gasteiger partial charge on any atom is 0.254 e. The van der Waals surface area contributed by atoms with Gasteiger partial charge in [-0.2, -0.15) is 0 Å². The first-order chi connectivity index (χ1) is 9.63. The largest absolute Gasteiger partial charge is 0.394 e. The van der Waals surface area contributed by atoms with E-state index >= 15 is 0 Å². The van der Waals surface area contributed by atoms with E-state index in [1.807, 2.05) is 29.2 Å². The summed E-state index contributed by atoms with van der Waals surface area (Å²) in [5.41, 5.74) is 1.98. The minimum Gasteiger partial charge on any atom is -0.394 e. The maximum absolute atomic E-state index is 12.6. The van der Waals surface area contributed by atoms with Crippen LogP contribution >= 0.6 is 0 Å². The molecule has 1 aromatic carbocycles. The summed E-state index contributed by atoms with van der Waals surface area (Å²) in [5.74, 6) is 0.531. The molecule has 1 saturated heterocycles. The van der Waals surface area contributed by atoms with Gasteiger partial charge in [0.25, 0.3) is 5.91 Å². The summed E-state index contributed by atoms with van der Waals surface area (Å²) in [6.07, 6.45) is 4.19. The second-order valence-electron chi connectivity index (χ2n) is 5.96. The standard InChI is InChI=1S/C17H25NO2/c1-13(2)14-7-9-15(10-8-14)17(20)18-11-5-3-4-6-16(18)12-19/h7-10,13,16,19H,3-6,11-12H2,1-2H3. The summed E-state index contributed by atoms with van der Waals surface area (Å²) in [6.45, 7) is 5.12. The molecular formula is C17H25NO2. The summed E-state index contributed by atoms with van der Waals surface area (Å²) < 4.78 is 0. The van der Waals surface area contributed by atoms with E-state index in [-0.39, 0.29) is 18.6 Å². The van der Waals surface area contributed by atoms with Crippen LogP contribution < -0.4 is 0 Å². The Morgan fingerprint density at radius 1 is 1.25 bits per heavy atom. The molecule has 0 aromatic heterocycles. The van der Waals surface area contributed by atoms with Gasteiger partial charge in [0, 0.05) is 12.1 Å². The lowest BCUT2D eigenvalue weighted by atomic mass is 10.0. The highest BCUT2D eigenvalue weighted by Gasteiger charge is 2.25. The molecule has 1 atom stereocenters. The van der Waals surface area contributed by atoms with E-state index in [1.165, 1.54) is 5.56 Å². The summed E-state index contributed by atoms with van der Waals surface area (Å²) in [4.78, 5) is 14.5. The van der Waals surface area contributed by atoms with Crippen molar-refractivity contribution in [2.24, 2.45) is 0 Å². The molecule has 1 aromatic rings. The van der Waals surface area contributed by atoms with Crippen molar-refractivity contribution in [2.75, 3.05) is 13.2 Å². The summed E-state index contributed by atoms with van der Waals surface area (Å²) in [5, 5.41) is 9.51. The Balaban J connectivity index is 2.15. The number of rotatable bonds is 3. The molecule has 110 valence electrons. The molecule has 0 saturated carbocycles. The van der Waals surface area contributed by atoms with Gasteiger partial charge < -0.3 is 10.0 Å². The molecule has 1 N–H and O–H groups in total. The van der Waals surface area contributed by atoms with Crippen LogP contribution in [0.4, 0.5) is 0 Å². The van der Waals surface area contributed by atoms with Crippen molar-refractivity contribution < 1.29 is 9.90 Å². The Hall–Kier alpha value is -1.35. The van der Waals surface area contributed by atoms with E-state index in [2.05, 4.69) is 13.8 Å². The van der Waals surface area contributed by atoms with Crippen LogP contribution in [0.1, 0.15) is 61.4 Å². The quantitative estimate of drug-likeness (QED) is 0.920. The topological polar surface area (TPSA) is 40.5 Å². The van der Waals surface area contributed by atoms with Crippen LogP contribution in [0.3, 0.4) is 0 Å². The van der Waals surface area contributed by atoms with Crippen molar-refractivity contribution in [2.45, 2.75) is 51.5 Å². The minimum atomic E-state index is -0.0187. The molecular weight excluding hydrogens is 250 g/mol. The first kappa shape index (κ1) is 15.0. The predicted molar refractivity (Wildman–Crippen MR) is 80.9 cm³/mol. The van der Waals surface area contributed by atoms with Crippen LogP contribution in [0.15, 0.2) is 24.3 Å². The fraction of sp³-hybridized carbons (Fsp3) is 0.588. The summed E-state index contributed by atoms with van der Waals surface area (Å²) in [6, 6.07) is 7.87. The first-order valence-electron chi connectivity index (χ1n) is 7.65. The number of carbonyl (C=O) groups excluding carboxylic acids is 1. The van der Waals surface area contributed by atoms with Crippen molar-refractivity contribution in [3.05, 3.63) is 35.4 Å². The molecule has 1 fully saturated rings. The Morgan fingerprint density at radius 2 is 1.95 bits per heavy atom. The number of nitrogens with zero attached hydrogens (tertiary/aromatic N) is 1. The van der Waals surface area contributed by atoms with E-state index in [0.29, 0.717) is 5.92 Å². The van der Waals surface area contributed by atoms with Crippen LogP contribution in [0.5, 0.6) is 0 Å². The molecule has 0 spiro atoms. The second kappa shape index (κ2) is 6.89. The van der Waals surface area contributed by atoms with Gasteiger partial charge in [0.2, 0.25) is 0 Å². The van der Waals surface area contributed by atoms with Crippen LogP contribution in [0, 0.1) is 0 Å². The third-order valence-electron chi connectivity index (χ3n) is 4.17. The normalized spacial score (nSPS) is 20.0. The van der Waals surface area contributed by atoms with Crippen LogP contribution in [-0.2, 0) is 0 Å². The van der Waals surface area contributed by atoms with Crippen LogP contribution in [0.2, 0.25) is 0 Å². The average molecular weight is 275 g/mol. The van der Waals surface area contributed by atoms with Crippen molar-refractivity contribution in [3.8, 4) is 0 Å². The number of carbonyl (C=O) groups is 1. The van der Waals surface area contributed by atoms with Gasteiger partial charge in [0.05, 0.1) is 12.6 Å². The van der Waals surface area contributed by atoms with E-state index in [4.69, 9.17) is 0 Å². The molecule has 1 unspecified atom stereocenters. The maximum atomic E-state index is 12.6. The lowest BCUT2D eigenvalue weighted by molar-refractivity contribution is 0.0600. The fourth-order valence-corrected chi connectivity index (χ4v) is 2.81. The first-order valence-corrected chi connectivity index (χ1v) is 7.65. The van der Waals surface area contributed by atoms with E-state index < -0.39 is 0 Å². The molecule has 20 heavy (non-hydrogen) atoms. The van der Waals surface area contributed by atoms with E-state index in [9.17, 15) is 9.90 Å². The third kappa shape index (κ3) is 3.40. The number of amides is 1. The van der Waals surface area contributed by atoms with Crippen LogP contribution in [0.25, 0.3) is 0 Å². The van der Waals surface area contributed by atoms with Gasteiger partial charge in [-0.05, 0) is 36.5 Å². The molecule has 1 aliphatic rings. The smallest absolute Gasteiger partial charge is 0.254 e. The molecule has 1 amide bonds. The molecule has 0 radical (unpaired) electrons. The Kier molecular flexibility index (Phi) is 5.18. The number of likely N-dealkylation sites (tertiary alicyclic amines) is 1. The zero-order valence-corrected chi connectivity index (χ0v) is 12.5. The lowest BCUT2D eigenvalue weighted by Gasteiger charge is -2.28. The minimum absolute atomic E-state index is 0.0187. The Bertz CT molecular complexity index is 439. The summed E-state index contributed by atoms with van der Waals surface area (Å²) >= 11 is 0. The van der Waals surface area contributed by atoms with Gasteiger partial charge in [0.1, 0.15) is 0 Å². The zero-order chi connectivity index (χ0) is 14.5. The van der Waals surface area contributed by atoms with Gasteiger partial charge in [-0.1, -0.05) is 38.8 Å². The summed E-state index contributed by atoms with van der Waals surface area (Å²) in [7, 11) is 0. The van der Waals surface area contributed by atoms with Crippen molar-refractivity contribution in [3.63, 3.8) is 0 Å². The van der Waals surface area contributed by atoms with Gasteiger partial charge in [-0.15, -0.1) is 0 Å². The van der Waals surface area contributed by atoms with Crippen LogP contribution in [-0.4, -0.2) is 35.1 Å². The molecule has 1 aliphatic heterocycles. The molecule has 0 aliphatic carbocycles. The number of hydrogen-bond acceptors (Lipinski definition) is 2. The van der Waals surface area contributed by atoms with Gasteiger partial charge >= 0.3 is 0 Å². The fourth-order valence-electron chi connectivity index (χ4n) is 2.81. The molecule has 1 heterocycles. The Labute approximate surface area is 121 Å². The number of benzene rings is 1. The third-order valence-corrected chi connectivity index (χ3v) is 4.17. The SMILES string of the molecule is CC(C)c1ccc(C(=O)N2CCCCCC2CO)cc1. The van der Waals surface area contributed by atoms with Gasteiger partial charge in [-0.25, -0.2) is 0 Å². The van der Waals surface area contributed by atoms with E-state index in [0.717, 1.165) is 37.8 Å². The van der Waals surface area contributed by atoms with Crippen molar-refractivity contribution in [1.82, 2.24) is 4.90 Å². The molecule has 2 rings (SSSR count). The molecule has 3 nitrogen and oxygen atoms in total. The number of hydrogen-bond donors (Lipinski definition) is 1. The monoisotopic (exact) mass is 275 g/mol. The number of aliphatic hydroxyl groups excluding tert-OH is 1. The zero-order valence-electron chi connectivity index (χ0n) is 12.5. The van der Waals surface area contributed by atoms with Gasteiger partial charge in [-0.3, -0.25) is 4.79 Å². The second-order valence-corrected chi connectivity index (χ2v) is 5.96. The highest BCUT2D eigenvalue weighted by Crippen LogP contribution is 2.20. The van der Waals surface area contributed by atoms with Crippen molar-refractivity contribution in [1.29, 1.82) is 0 Å².